The summed E-state index contributed by atoms with van der Waals surface area (Å²) in [5.74, 6) is 0.490. The van der Waals surface area contributed by atoms with Crippen LogP contribution in [-0.4, -0.2) is 11.2 Å². The molecule has 0 amide bonds. The summed E-state index contributed by atoms with van der Waals surface area (Å²) >= 11 is 0. The van der Waals surface area contributed by atoms with E-state index in [1.54, 1.807) is 0 Å². The molecule has 37 heavy (non-hydrogen) atoms. The zero-order chi connectivity index (χ0) is 27.1. The highest BCUT2D eigenvalue weighted by Crippen LogP contribution is 2.20. The van der Waals surface area contributed by atoms with E-state index in [9.17, 15) is 5.11 Å². The van der Waals surface area contributed by atoms with Crippen molar-refractivity contribution in [2.24, 2.45) is 5.92 Å². The van der Waals surface area contributed by atoms with Crippen molar-refractivity contribution in [2.45, 2.75) is 226 Å². The molecule has 0 spiro atoms. The van der Waals surface area contributed by atoms with Gasteiger partial charge >= 0.3 is 0 Å². The van der Waals surface area contributed by atoms with Crippen molar-refractivity contribution >= 4 is 0 Å². The number of unbranched alkanes of at least 4 members (excludes halogenated alkanes) is 27. The van der Waals surface area contributed by atoms with Crippen LogP contribution in [0.15, 0.2) is 0 Å². The lowest BCUT2D eigenvalue weighted by Crippen LogP contribution is -2.17. The molecule has 224 valence electrons. The van der Waals surface area contributed by atoms with Gasteiger partial charge in [-0.2, -0.15) is 0 Å². The molecule has 2 unspecified atom stereocenters. The van der Waals surface area contributed by atoms with Gasteiger partial charge in [0.05, 0.1) is 6.10 Å². The van der Waals surface area contributed by atoms with E-state index in [-0.39, 0.29) is 6.10 Å². The number of hydrogen-bond acceptors (Lipinski definition) is 1. The van der Waals surface area contributed by atoms with Gasteiger partial charge in [0.25, 0.3) is 0 Å². The maximum absolute atomic E-state index is 10.5. The van der Waals surface area contributed by atoms with Crippen LogP contribution in [0.3, 0.4) is 0 Å². The minimum atomic E-state index is -0.0657. The molecule has 0 radical (unpaired) electrons. The van der Waals surface area contributed by atoms with Gasteiger partial charge in [0, 0.05) is 0 Å². The lowest BCUT2D eigenvalue weighted by Gasteiger charge is -2.18. The van der Waals surface area contributed by atoms with Gasteiger partial charge in [-0.15, -0.1) is 0 Å². The summed E-state index contributed by atoms with van der Waals surface area (Å²) in [4.78, 5) is 0. The number of rotatable bonds is 32. The maximum atomic E-state index is 10.5. The molecular formula is C36H74O. The first-order valence-electron chi connectivity index (χ1n) is 17.9. The molecule has 0 saturated heterocycles. The van der Waals surface area contributed by atoms with Crippen LogP contribution < -0.4 is 0 Å². The maximum Gasteiger partial charge on any atom is 0.0565 e. The zero-order valence-electron chi connectivity index (χ0n) is 26.5. The second-order valence-corrected chi connectivity index (χ2v) is 12.7. The monoisotopic (exact) mass is 523 g/mol. The molecule has 0 heterocycles. The van der Waals surface area contributed by atoms with Crippen molar-refractivity contribution in [2.75, 3.05) is 0 Å². The highest BCUT2D eigenvalue weighted by atomic mass is 16.3. The lowest BCUT2D eigenvalue weighted by atomic mass is 9.93. The Kier molecular flexibility index (Phi) is 32.1. The molecule has 0 aromatic heterocycles. The van der Waals surface area contributed by atoms with Crippen molar-refractivity contribution in [3.05, 3.63) is 0 Å². The predicted molar refractivity (Wildman–Crippen MR) is 170 cm³/mol. The van der Waals surface area contributed by atoms with Gasteiger partial charge in [-0.25, -0.2) is 0 Å². The zero-order valence-corrected chi connectivity index (χ0v) is 26.5. The summed E-state index contributed by atoms with van der Waals surface area (Å²) in [5.41, 5.74) is 0. The van der Waals surface area contributed by atoms with E-state index in [2.05, 4.69) is 20.8 Å². The molecule has 1 heteroatoms. The summed E-state index contributed by atoms with van der Waals surface area (Å²) in [7, 11) is 0. The fourth-order valence-corrected chi connectivity index (χ4v) is 5.86. The molecule has 0 rings (SSSR count). The second kappa shape index (κ2) is 32.2. The SMILES string of the molecule is CCCCCCCCCCCCCCCCCCCC(O)C(C)CCCCCCCCCCCCCC. The second-order valence-electron chi connectivity index (χ2n) is 12.7. The Morgan fingerprint density at radius 2 is 0.541 bits per heavy atom. The molecule has 0 aromatic rings. The number of hydrogen-bond donors (Lipinski definition) is 1. The van der Waals surface area contributed by atoms with Crippen LogP contribution in [0.5, 0.6) is 0 Å². The molecule has 1 nitrogen and oxygen atoms in total. The minimum Gasteiger partial charge on any atom is -0.393 e. The topological polar surface area (TPSA) is 20.2 Å². The number of aliphatic hydroxyl groups excluding tert-OH is 1. The fourth-order valence-electron chi connectivity index (χ4n) is 5.86. The van der Waals surface area contributed by atoms with Gasteiger partial charge in [-0.1, -0.05) is 207 Å². The van der Waals surface area contributed by atoms with E-state index in [4.69, 9.17) is 0 Å². The van der Waals surface area contributed by atoms with E-state index < -0.39 is 0 Å². The lowest BCUT2D eigenvalue weighted by molar-refractivity contribution is 0.0985. The Morgan fingerprint density at radius 1 is 0.324 bits per heavy atom. The van der Waals surface area contributed by atoms with Crippen molar-refractivity contribution in [3.63, 3.8) is 0 Å². The summed E-state index contributed by atoms with van der Waals surface area (Å²) in [6.45, 7) is 6.87. The first kappa shape index (κ1) is 37.0. The molecule has 0 aliphatic rings. The van der Waals surface area contributed by atoms with Crippen LogP contribution in [0.2, 0.25) is 0 Å². The molecule has 0 bridgehead atoms. The summed E-state index contributed by atoms with van der Waals surface area (Å²) in [6, 6.07) is 0. The van der Waals surface area contributed by atoms with Crippen LogP contribution >= 0.6 is 0 Å². The van der Waals surface area contributed by atoms with Crippen molar-refractivity contribution in [3.8, 4) is 0 Å². The Bertz CT molecular complexity index is 392. The average Bonchev–Trinajstić information content (AvgIpc) is 2.90. The Labute approximate surface area is 236 Å². The molecular weight excluding hydrogens is 448 g/mol. The van der Waals surface area contributed by atoms with Crippen LogP contribution in [0, 0.1) is 5.92 Å². The van der Waals surface area contributed by atoms with E-state index in [1.165, 1.54) is 193 Å². The Balaban J connectivity index is 3.26. The molecule has 0 fully saturated rings. The molecule has 1 N–H and O–H groups in total. The van der Waals surface area contributed by atoms with Gasteiger partial charge in [-0.3, -0.25) is 0 Å². The quantitative estimate of drug-likeness (QED) is 0.0871. The van der Waals surface area contributed by atoms with E-state index >= 15 is 0 Å². The standard InChI is InChI=1S/C36H74O/c1-4-6-8-10-12-14-16-18-19-20-21-22-24-26-28-30-32-34-36(37)35(3)33-31-29-27-25-23-17-15-13-11-9-7-5-2/h35-37H,4-34H2,1-3H3. The Morgan fingerprint density at radius 3 is 0.811 bits per heavy atom. The molecule has 0 saturated carbocycles. The number of aliphatic hydroxyl groups is 1. The average molecular weight is 523 g/mol. The summed E-state index contributed by atoms with van der Waals surface area (Å²) in [6.07, 6.45) is 43.3. The third-order valence-electron chi connectivity index (χ3n) is 8.77. The third kappa shape index (κ3) is 30.4. The third-order valence-corrected chi connectivity index (χ3v) is 8.77. The highest BCUT2D eigenvalue weighted by molar-refractivity contribution is 4.65. The van der Waals surface area contributed by atoms with Crippen molar-refractivity contribution in [1.82, 2.24) is 0 Å². The van der Waals surface area contributed by atoms with Gasteiger partial charge < -0.3 is 5.11 Å². The first-order chi connectivity index (χ1) is 18.2. The summed E-state index contributed by atoms with van der Waals surface area (Å²) < 4.78 is 0. The van der Waals surface area contributed by atoms with Gasteiger partial charge in [0.15, 0.2) is 0 Å². The van der Waals surface area contributed by atoms with Gasteiger partial charge in [-0.05, 0) is 18.8 Å². The Hall–Kier alpha value is -0.0400. The fraction of sp³-hybridized carbons (Fsp3) is 1.00. The predicted octanol–water partition coefficient (Wildman–Crippen LogP) is 13.1. The molecule has 0 aliphatic heterocycles. The molecule has 0 aromatic carbocycles. The van der Waals surface area contributed by atoms with E-state index in [0.717, 1.165) is 6.42 Å². The normalized spacial score (nSPS) is 13.3. The van der Waals surface area contributed by atoms with E-state index in [1.807, 2.05) is 0 Å². The first-order valence-corrected chi connectivity index (χ1v) is 17.9. The molecule has 2 atom stereocenters. The van der Waals surface area contributed by atoms with Crippen molar-refractivity contribution < 1.29 is 5.11 Å². The highest BCUT2D eigenvalue weighted by Gasteiger charge is 2.13. The largest absolute Gasteiger partial charge is 0.393 e. The van der Waals surface area contributed by atoms with Gasteiger partial charge in [0.2, 0.25) is 0 Å². The van der Waals surface area contributed by atoms with Gasteiger partial charge in [0.1, 0.15) is 0 Å². The van der Waals surface area contributed by atoms with Crippen LogP contribution in [-0.2, 0) is 0 Å². The van der Waals surface area contributed by atoms with Crippen LogP contribution in [0.25, 0.3) is 0 Å². The molecule has 0 aliphatic carbocycles. The summed E-state index contributed by atoms with van der Waals surface area (Å²) in [5, 5.41) is 10.5. The smallest absolute Gasteiger partial charge is 0.0565 e. The van der Waals surface area contributed by atoms with Crippen LogP contribution in [0.4, 0.5) is 0 Å². The minimum absolute atomic E-state index is 0.0657. The van der Waals surface area contributed by atoms with Crippen molar-refractivity contribution in [1.29, 1.82) is 0 Å². The van der Waals surface area contributed by atoms with E-state index in [0.29, 0.717) is 5.92 Å². The van der Waals surface area contributed by atoms with Crippen LogP contribution in [0.1, 0.15) is 220 Å².